The predicted octanol–water partition coefficient (Wildman–Crippen LogP) is 5.36. The van der Waals surface area contributed by atoms with Crippen molar-refractivity contribution in [1.82, 2.24) is 5.43 Å². The van der Waals surface area contributed by atoms with Crippen LogP contribution in [0.3, 0.4) is 0 Å². The van der Waals surface area contributed by atoms with Crippen LogP contribution in [0.5, 0.6) is 5.75 Å². The number of ether oxygens (including phenoxy) is 1. The molecule has 4 aromatic carbocycles. The average molecular weight is 500 g/mol. The second kappa shape index (κ2) is 11.3. The molecule has 4 rings (SSSR count). The number of nitrogens with zero attached hydrogens (tertiary/aromatic N) is 1. The van der Waals surface area contributed by atoms with E-state index in [2.05, 4.69) is 15.8 Å². The van der Waals surface area contributed by atoms with E-state index in [9.17, 15) is 14.4 Å². The van der Waals surface area contributed by atoms with Crippen LogP contribution in [0.2, 0.25) is 5.02 Å². The molecule has 0 radical (unpaired) electrons. The molecule has 0 heterocycles. The molecule has 0 aliphatic heterocycles. The molecule has 0 unspecified atom stereocenters. The van der Waals surface area contributed by atoms with Crippen LogP contribution in [-0.4, -0.2) is 24.0 Å². The molecule has 0 spiro atoms. The lowest BCUT2D eigenvalue weighted by Crippen LogP contribution is -2.32. The first-order valence-corrected chi connectivity index (χ1v) is 11.5. The van der Waals surface area contributed by atoms with Gasteiger partial charge >= 0.3 is 17.8 Å². The first kappa shape index (κ1) is 24.6. The highest BCUT2D eigenvalue weighted by atomic mass is 35.5. The summed E-state index contributed by atoms with van der Waals surface area (Å²) in [6, 6.07) is 24.4. The lowest BCUT2D eigenvalue weighted by molar-refractivity contribution is -0.136. The van der Waals surface area contributed by atoms with Gasteiger partial charge in [0.1, 0.15) is 5.75 Å². The van der Waals surface area contributed by atoms with Gasteiger partial charge in [-0.3, -0.25) is 9.59 Å². The largest absolute Gasteiger partial charge is 0.422 e. The first-order chi connectivity index (χ1) is 17.4. The number of anilines is 1. The monoisotopic (exact) mass is 499 g/mol. The van der Waals surface area contributed by atoms with Gasteiger partial charge in [0.2, 0.25) is 0 Å². The highest BCUT2D eigenvalue weighted by Gasteiger charge is 2.15. The fourth-order valence-corrected chi connectivity index (χ4v) is 3.59. The molecule has 0 fully saturated rings. The minimum absolute atomic E-state index is 0.243. The van der Waals surface area contributed by atoms with Crippen molar-refractivity contribution in [2.24, 2.45) is 5.10 Å². The van der Waals surface area contributed by atoms with E-state index in [0.29, 0.717) is 21.8 Å². The van der Waals surface area contributed by atoms with E-state index in [1.165, 1.54) is 6.21 Å². The number of halogens is 1. The number of esters is 1. The Bertz CT molecular complexity index is 1450. The Labute approximate surface area is 212 Å². The summed E-state index contributed by atoms with van der Waals surface area (Å²) in [5, 5.41) is 8.60. The van der Waals surface area contributed by atoms with Crippen molar-refractivity contribution in [2.45, 2.75) is 13.3 Å². The third-order valence-corrected chi connectivity index (χ3v) is 5.65. The fourth-order valence-electron chi connectivity index (χ4n) is 3.46. The van der Waals surface area contributed by atoms with Crippen molar-refractivity contribution in [3.05, 3.63) is 107 Å². The van der Waals surface area contributed by atoms with Crippen molar-refractivity contribution >= 4 is 52.1 Å². The quantitative estimate of drug-likeness (QED) is 0.123. The van der Waals surface area contributed by atoms with Gasteiger partial charge in [0.15, 0.2) is 0 Å². The molecule has 2 amide bonds. The van der Waals surface area contributed by atoms with Crippen LogP contribution < -0.4 is 15.5 Å². The Hall–Kier alpha value is -4.49. The van der Waals surface area contributed by atoms with E-state index >= 15 is 0 Å². The molecule has 36 heavy (non-hydrogen) atoms. The van der Waals surface area contributed by atoms with Gasteiger partial charge < -0.3 is 10.1 Å². The topological polar surface area (TPSA) is 96.9 Å². The number of amides is 2. The van der Waals surface area contributed by atoms with E-state index in [4.69, 9.17) is 16.3 Å². The molecule has 180 valence electrons. The van der Waals surface area contributed by atoms with Crippen molar-refractivity contribution < 1.29 is 19.1 Å². The number of hydrazone groups is 1. The van der Waals surface area contributed by atoms with Gasteiger partial charge in [-0.2, -0.15) is 5.10 Å². The molecule has 4 aromatic rings. The van der Waals surface area contributed by atoms with Crippen molar-refractivity contribution in [2.75, 3.05) is 5.32 Å². The standard InChI is InChI=1S/C28H22ClN3O4/c1-2-18-7-14-22(15-8-18)31-26(33)27(34)32-30-17-24-23-6-4-3-5-19(23)11-16-25(24)36-28(35)20-9-12-21(29)13-10-20/h3-17H,2H2,1H3,(H,31,33)(H,32,34)/b30-17+. The summed E-state index contributed by atoms with van der Waals surface area (Å²) >= 11 is 5.90. The Morgan fingerprint density at radius 1 is 0.889 bits per heavy atom. The fraction of sp³-hybridized carbons (Fsp3) is 0.0714. The Balaban J connectivity index is 1.51. The summed E-state index contributed by atoms with van der Waals surface area (Å²) in [5.41, 5.74) is 4.63. The normalized spacial score (nSPS) is 10.8. The summed E-state index contributed by atoms with van der Waals surface area (Å²) in [7, 11) is 0. The van der Waals surface area contributed by atoms with Crippen LogP contribution in [0.25, 0.3) is 10.8 Å². The molecule has 0 bridgehead atoms. The van der Waals surface area contributed by atoms with Gasteiger partial charge in [0.05, 0.1) is 11.8 Å². The minimum atomic E-state index is -0.939. The highest BCUT2D eigenvalue weighted by Crippen LogP contribution is 2.27. The molecule has 0 aliphatic rings. The van der Waals surface area contributed by atoms with Crippen LogP contribution in [0.15, 0.2) is 90.0 Å². The summed E-state index contributed by atoms with van der Waals surface area (Å²) < 4.78 is 5.62. The molecule has 2 N–H and O–H groups in total. The zero-order valence-corrected chi connectivity index (χ0v) is 20.1. The van der Waals surface area contributed by atoms with Gasteiger partial charge in [-0.25, -0.2) is 10.2 Å². The Morgan fingerprint density at radius 2 is 1.61 bits per heavy atom. The lowest BCUT2D eigenvalue weighted by atomic mass is 10.0. The lowest BCUT2D eigenvalue weighted by Gasteiger charge is -2.10. The third kappa shape index (κ3) is 5.95. The molecule has 0 saturated heterocycles. The van der Waals surface area contributed by atoms with Gasteiger partial charge in [0, 0.05) is 16.3 Å². The first-order valence-electron chi connectivity index (χ1n) is 11.2. The van der Waals surface area contributed by atoms with Gasteiger partial charge in [-0.05, 0) is 65.2 Å². The zero-order valence-electron chi connectivity index (χ0n) is 19.3. The number of fused-ring (bicyclic) bond motifs is 1. The molecule has 0 aliphatic carbocycles. The second-order valence-corrected chi connectivity index (χ2v) is 8.24. The Morgan fingerprint density at radius 3 is 2.33 bits per heavy atom. The Kier molecular flexibility index (Phi) is 7.72. The number of hydrogen-bond donors (Lipinski definition) is 2. The van der Waals surface area contributed by atoms with Crippen LogP contribution in [0.4, 0.5) is 5.69 Å². The molecule has 0 atom stereocenters. The maximum atomic E-state index is 12.7. The average Bonchev–Trinajstić information content (AvgIpc) is 2.90. The second-order valence-electron chi connectivity index (χ2n) is 7.80. The van der Waals surface area contributed by atoms with E-state index in [-0.39, 0.29) is 5.75 Å². The number of benzene rings is 4. The molecule has 7 nitrogen and oxygen atoms in total. The van der Waals surface area contributed by atoms with Gasteiger partial charge in [-0.1, -0.05) is 61.0 Å². The molecule has 0 aromatic heterocycles. The number of carbonyl (C=O) groups excluding carboxylic acids is 3. The molecule has 8 heteroatoms. The number of aryl methyl sites for hydroxylation is 1. The molecule has 0 saturated carbocycles. The number of hydrogen-bond acceptors (Lipinski definition) is 5. The smallest absolute Gasteiger partial charge is 0.343 e. The minimum Gasteiger partial charge on any atom is -0.422 e. The zero-order chi connectivity index (χ0) is 25.5. The molecular formula is C28H22ClN3O4. The summed E-state index contributed by atoms with van der Waals surface area (Å²) in [6.07, 6.45) is 2.21. The van der Waals surface area contributed by atoms with Crippen molar-refractivity contribution in [1.29, 1.82) is 0 Å². The number of nitrogens with one attached hydrogen (secondary N) is 2. The maximum Gasteiger partial charge on any atom is 0.343 e. The predicted molar refractivity (Wildman–Crippen MR) is 141 cm³/mol. The van der Waals surface area contributed by atoms with Crippen LogP contribution in [-0.2, 0) is 16.0 Å². The highest BCUT2D eigenvalue weighted by molar-refractivity contribution is 6.39. The van der Waals surface area contributed by atoms with Crippen LogP contribution >= 0.6 is 11.6 Å². The SMILES string of the molecule is CCc1ccc(NC(=O)C(=O)N/N=C/c2c(OC(=O)c3ccc(Cl)cc3)ccc3ccccc23)cc1. The number of rotatable bonds is 6. The maximum absolute atomic E-state index is 12.7. The van der Waals surface area contributed by atoms with E-state index in [0.717, 1.165) is 22.8 Å². The van der Waals surface area contributed by atoms with Crippen molar-refractivity contribution in [3.8, 4) is 5.75 Å². The number of carbonyl (C=O) groups is 3. The summed E-state index contributed by atoms with van der Waals surface area (Å²) in [4.78, 5) is 37.2. The van der Waals surface area contributed by atoms with Gasteiger partial charge in [-0.15, -0.1) is 0 Å². The van der Waals surface area contributed by atoms with E-state index in [1.54, 1.807) is 42.5 Å². The van der Waals surface area contributed by atoms with E-state index < -0.39 is 17.8 Å². The third-order valence-electron chi connectivity index (χ3n) is 5.40. The molecular weight excluding hydrogens is 478 g/mol. The van der Waals surface area contributed by atoms with Crippen LogP contribution in [0, 0.1) is 0 Å². The summed E-state index contributed by atoms with van der Waals surface area (Å²) in [5.74, 6) is -2.13. The van der Waals surface area contributed by atoms with Crippen molar-refractivity contribution in [3.63, 3.8) is 0 Å². The van der Waals surface area contributed by atoms with Gasteiger partial charge in [0.25, 0.3) is 0 Å². The van der Waals surface area contributed by atoms with Crippen LogP contribution in [0.1, 0.15) is 28.4 Å². The van der Waals surface area contributed by atoms with E-state index in [1.807, 2.05) is 49.4 Å². The summed E-state index contributed by atoms with van der Waals surface area (Å²) in [6.45, 7) is 2.03.